The Balaban J connectivity index is 2.56. The van der Waals surface area contributed by atoms with Gasteiger partial charge < -0.3 is 14.6 Å². The minimum Gasteiger partial charge on any atom is -0.493 e. The van der Waals surface area contributed by atoms with Crippen LogP contribution in [0.4, 0.5) is 0 Å². The van der Waals surface area contributed by atoms with E-state index in [0.717, 1.165) is 42.9 Å². The summed E-state index contributed by atoms with van der Waals surface area (Å²) in [4.78, 5) is 0. The summed E-state index contributed by atoms with van der Waals surface area (Å²) >= 11 is 0. The first-order chi connectivity index (χ1) is 9.33. The van der Waals surface area contributed by atoms with E-state index in [2.05, 4.69) is 6.92 Å². The van der Waals surface area contributed by atoms with Gasteiger partial charge >= 0.3 is 0 Å². The van der Waals surface area contributed by atoms with Crippen molar-refractivity contribution in [1.82, 2.24) is 0 Å². The predicted octanol–water partition coefficient (Wildman–Crippen LogP) is 3.58. The van der Waals surface area contributed by atoms with E-state index < -0.39 is 0 Å². The second-order valence-corrected chi connectivity index (χ2v) is 4.68. The van der Waals surface area contributed by atoms with Crippen molar-refractivity contribution in [3.63, 3.8) is 0 Å². The highest BCUT2D eigenvalue weighted by atomic mass is 16.5. The van der Waals surface area contributed by atoms with Crippen LogP contribution in [0.2, 0.25) is 0 Å². The number of methoxy groups -OCH3 is 1. The van der Waals surface area contributed by atoms with Crippen molar-refractivity contribution in [3.05, 3.63) is 23.8 Å². The number of aliphatic hydroxyl groups is 1. The molecule has 0 radical (unpaired) electrons. The first-order valence-electron chi connectivity index (χ1n) is 7.23. The Morgan fingerprint density at radius 1 is 1.11 bits per heavy atom. The van der Waals surface area contributed by atoms with Crippen LogP contribution in [0.15, 0.2) is 18.2 Å². The Kier molecular flexibility index (Phi) is 8.07. The lowest BCUT2D eigenvalue weighted by Gasteiger charge is -2.14. The largest absolute Gasteiger partial charge is 0.493 e. The maximum absolute atomic E-state index is 8.91. The number of aliphatic hydroxyl groups excluding tert-OH is 1. The molecule has 0 spiro atoms. The number of ether oxygens (including phenoxy) is 2. The molecule has 19 heavy (non-hydrogen) atoms. The van der Waals surface area contributed by atoms with Gasteiger partial charge in [0.1, 0.15) is 0 Å². The summed E-state index contributed by atoms with van der Waals surface area (Å²) in [6.07, 6.45) is 6.35. The van der Waals surface area contributed by atoms with Gasteiger partial charge in [0, 0.05) is 6.61 Å². The summed E-state index contributed by atoms with van der Waals surface area (Å²) in [5.41, 5.74) is 1.10. The third-order valence-corrected chi connectivity index (χ3v) is 3.12. The van der Waals surface area contributed by atoms with Gasteiger partial charge in [-0.05, 0) is 30.9 Å². The highest BCUT2D eigenvalue weighted by molar-refractivity contribution is 5.46. The van der Waals surface area contributed by atoms with E-state index in [4.69, 9.17) is 14.6 Å². The molecule has 0 aliphatic heterocycles. The highest BCUT2D eigenvalue weighted by Gasteiger charge is 2.09. The standard InChI is InChI=1S/C16H26O3/c1-3-4-5-6-13-19-15-11-7-9-14(10-8-12-17)16(15)18-2/h7,9,11,17H,3-6,8,10,12-13H2,1-2H3. The van der Waals surface area contributed by atoms with Crippen LogP contribution in [0, 0.1) is 0 Å². The van der Waals surface area contributed by atoms with Crippen LogP contribution in [-0.4, -0.2) is 25.4 Å². The molecule has 0 aliphatic carbocycles. The van der Waals surface area contributed by atoms with Crippen molar-refractivity contribution in [2.75, 3.05) is 20.3 Å². The molecule has 0 aromatic heterocycles. The monoisotopic (exact) mass is 266 g/mol. The molecule has 1 rings (SSSR count). The van der Waals surface area contributed by atoms with E-state index in [1.54, 1.807) is 7.11 Å². The summed E-state index contributed by atoms with van der Waals surface area (Å²) in [7, 11) is 1.67. The van der Waals surface area contributed by atoms with Gasteiger partial charge in [-0.3, -0.25) is 0 Å². The fraction of sp³-hybridized carbons (Fsp3) is 0.625. The molecular formula is C16H26O3. The van der Waals surface area contributed by atoms with Crippen molar-refractivity contribution in [2.24, 2.45) is 0 Å². The zero-order valence-corrected chi connectivity index (χ0v) is 12.2. The lowest BCUT2D eigenvalue weighted by atomic mass is 10.1. The maximum Gasteiger partial charge on any atom is 0.163 e. The van der Waals surface area contributed by atoms with Crippen LogP contribution in [0.3, 0.4) is 0 Å². The predicted molar refractivity (Wildman–Crippen MR) is 78.0 cm³/mol. The number of aryl methyl sites for hydroxylation is 1. The topological polar surface area (TPSA) is 38.7 Å². The lowest BCUT2D eigenvalue weighted by Crippen LogP contribution is -2.02. The van der Waals surface area contributed by atoms with Gasteiger partial charge in [-0.25, -0.2) is 0 Å². The van der Waals surface area contributed by atoms with E-state index in [1.165, 1.54) is 19.3 Å². The molecule has 3 nitrogen and oxygen atoms in total. The Bertz CT molecular complexity index is 350. The van der Waals surface area contributed by atoms with E-state index >= 15 is 0 Å². The molecule has 0 aliphatic rings. The van der Waals surface area contributed by atoms with Crippen molar-refractivity contribution in [3.8, 4) is 11.5 Å². The fourth-order valence-corrected chi connectivity index (χ4v) is 2.08. The second-order valence-electron chi connectivity index (χ2n) is 4.68. The summed E-state index contributed by atoms with van der Waals surface area (Å²) in [5, 5.41) is 8.91. The van der Waals surface area contributed by atoms with Crippen LogP contribution >= 0.6 is 0 Å². The van der Waals surface area contributed by atoms with Crippen LogP contribution < -0.4 is 9.47 Å². The van der Waals surface area contributed by atoms with Gasteiger partial charge in [0.2, 0.25) is 0 Å². The molecule has 0 saturated heterocycles. The van der Waals surface area contributed by atoms with Gasteiger partial charge in [-0.2, -0.15) is 0 Å². The van der Waals surface area contributed by atoms with E-state index in [9.17, 15) is 0 Å². The molecule has 1 aromatic carbocycles. The third kappa shape index (κ3) is 5.52. The summed E-state index contributed by atoms with van der Waals surface area (Å²) < 4.78 is 11.3. The second kappa shape index (κ2) is 9.68. The lowest BCUT2D eigenvalue weighted by molar-refractivity contribution is 0.279. The number of para-hydroxylation sites is 1. The molecule has 3 heteroatoms. The fourth-order valence-electron chi connectivity index (χ4n) is 2.08. The SMILES string of the molecule is CCCCCCOc1cccc(CCCO)c1OC. The summed E-state index contributed by atoms with van der Waals surface area (Å²) in [5.74, 6) is 1.63. The Hall–Kier alpha value is -1.22. The Morgan fingerprint density at radius 2 is 1.95 bits per heavy atom. The van der Waals surface area contributed by atoms with Crippen molar-refractivity contribution in [1.29, 1.82) is 0 Å². The molecule has 0 unspecified atom stereocenters. The zero-order valence-electron chi connectivity index (χ0n) is 12.2. The van der Waals surface area contributed by atoms with E-state index in [0.29, 0.717) is 0 Å². The average molecular weight is 266 g/mol. The first kappa shape index (κ1) is 15.8. The number of benzene rings is 1. The number of rotatable bonds is 10. The molecule has 1 N–H and O–H groups in total. The highest BCUT2D eigenvalue weighted by Crippen LogP contribution is 2.31. The maximum atomic E-state index is 8.91. The van der Waals surface area contributed by atoms with Gasteiger partial charge in [-0.1, -0.05) is 38.3 Å². The molecule has 108 valence electrons. The van der Waals surface area contributed by atoms with Crippen molar-refractivity contribution < 1.29 is 14.6 Å². The molecule has 0 amide bonds. The van der Waals surface area contributed by atoms with Gasteiger partial charge in [-0.15, -0.1) is 0 Å². The Labute approximate surface area is 116 Å². The Morgan fingerprint density at radius 3 is 2.63 bits per heavy atom. The van der Waals surface area contributed by atoms with E-state index in [1.807, 2.05) is 18.2 Å². The molecule has 0 atom stereocenters. The molecule has 0 fully saturated rings. The zero-order chi connectivity index (χ0) is 13.9. The number of hydrogen-bond donors (Lipinski definition) is 1. The molecule has 1 aromatic rings. The normalized spacial score (nSPS) is 10.5. The first-order valence-corrected chi connectivity index (χ1v) is 7.23. The van der Waals surface area contributed by atoms with Crippen LogP contribution in [0.25, 0.3) is 0 Å². The minimum absolute atomic E-state index is 0.200. The summed E-state index contributed by atoms with van der Waals surface area (Å²) in [6, 6.07) is 5.95. The van der Waals surface area contributed by atoms with Crippen molar-refractivity contribution in [2.45, 2.75) is 45.4 Å². The number of unbranched alkanes of at least 4 members (excludes halogenated alkanes) is 3. The van der Waals surface area contributed by atoms with Gasteiger partial charge in [0.05, 0.1) is 13.7 Å². The van der Waals surface area contributed by atoms with E-state index in [-0.39, 0.29) is 6.61 Å². The minimum atomic E-state index is 0.200. The molecule has 0 saturated carbocycles. The van der Waals surface area contributed by atoms with Crippen LogP contribution in [0.1, 0.15) is 44.6 Å². The molecular weight excluding hydrogens is 240 g/mol. The number of hydrogen-bond acceptors (Lipinski definition) is 3. The average Bonchev–Trinajstić information content (AvgIpc) is 2.44. The van der Waals surface area contributed by atoms with Crippen molar-refractivity contribution >= 4 is 0 Å². The van der Waals surface area contributed by atoms with Crippen LogP contribution in [0.5, 0.6) is 11.5 Å². The molecule has 0 heterocycles. The molecule has 0 bridgehead atoms. The van der Waals surface area contributed by atoms with Crippen LogP contribution in [-0.2, 0) is 6.42 Å². The smallest absolute Gasteiger partial charge is 0.163 e. The quantitative estimate of drug-likeness (QED) is 0.658. The summed E-state index contributed by atoms with van der Waals surface area (Å²) in [6.45, 7) is 3.14. The van der Waals surface area contributed by atoms with Gasteiger partial charge in [0.25, 0.3) is 0 Å². The third-order valence-electron chi connectivity index (χ3n) is 3.12. The van der Waals surface area contributed by atoms with Gasteiger partial charge in [0.15, 0.2) is 11.5 Å².